The van der Waals surface area contributed by atoms with Gasteiger partial charge in [0, 0.05) is 11.4 Å². The lowest BCUT2D eigenvalue weighted by molar-refractivity contribution is -0.125. The molecule has 1 atom stereocenters. The number of anilines is 2. The maximum Gasteiger partial charge on any atom is 0.269 e. The molecule has 0 spiro atoms. The van der Waals surface area contributed by atoms with E-state index < -0.39 is 17.8 Å². The van der Waals surface area contributed by atoms with E-state index in [1.807, 2.05) is 6.07 Å². The van der Waals surface area contributed by atoms with Gasteiger partial charge in [-0.25, -0.2) is 4.39 Å². The van der Waals surface area contributed by atoms with Gasteiger partial charge in [0.25, 0.3) is 11.8 Å². The molecule has 0 saturated heterocycles. The molecule has 4 rings (SSSR count). The van der Waals surface area contributed by atoms with Crippen LogP contribution in [0.2, 0.25) is 0 Å². The Morgan fingerprint density at radius 3 is 2.17 bits per heavy atom. The van der Waals surface area contributed by atoms with Gasteiger partial charge in [-0.3, -0.25) is 9.59 Å². The molecule has 0 unspecified atom stereocenters. The molecule has 0 aromatic heterocycles. The average Bonchev–Trinajstić information content (AvgIpc) is 2.75. The third-order valence-corrected chi connectivity index (χ3v) is 4.33. The second kappa shape index (κ2) is 8.02. The highest BCUT2D eigenvalue weighted by atomic mass is 19.1. The summed E-state index contributed by atoms with van der Waals surface area (Å²) in [7, 11) is 0. The maximum atomic E-state index is 13.7. The monoisotopic (exact) mass is 392 g/mol. The number of carbonyl (C=O) groups excluding carboxylic acids is 2. The molecule has 1 aliphatic heterocycles. The molecule has 1 heterocycles. The lowest BCUT2D eigenvalue weighted by Crippen LogP contribution is -2.40. The predicted molar refractivity (Wildman–Crippen MR) is 106 cm³/mol. The number of amides is 2. The summed E-state index contributed by atoms with van der Waals surface area (Å²) in [5.41, 5.74) is 0.961. The minimum Gasteiger partial charge on any atom is -0.485 e. The number of ether oxygens (including phenoxy) is 2. The van der Waals surface area contributed by atoms with Crippen LogP contribution >= 0.6 is 0 Å². The third kappa shape index (κ3) is 4.19. The summed E-state index contributed by atoms with van der Waals surface area (Å²) < 4.78 is 24.9. The molecular weight excluding hydrogens is 375 g/mol. The van der Waals surface area contributed by atoms with Gasteiger partial charge in [0.05, 0.1) is 5.56 Å². The van der Waals surface area contributed by atoms with Gasteiger partial charge < -0.3 is 20.1 Å². The number of carbonyl (C=O) groups is 2. The van der Waals surface area contributed by atoms with Crippen LogP contribution in [0.4, 0.5) is 15.8 Å². The van der Waals surface area contributed by atoms with Gasteiger partial charge >= 0.3 is 0 Å². The fourth-order valence-electron chi connectivity index (χ4n) is 2.85. The van der Waals surface area contributed by atoms with Crippen LogP contribution in [-0.2, 0) is 4.79 Å². The number of halogens is 1. The fraction of sp³-hybridized carbons (Fsp3) is 0.0909. The van der Waals surface area contributed by atoms with E-state index in [9.17, 15) is 14.0 Å². The Balaban J connectivity index is 1.37. The molecule has 1 aliphatic rings. The molecule has 0 radical (unpaired) electrons. The molecule has 29 heavy (non-hydrogen) atoms. The van der Waals surface area contributed by atoms with Gasteiger partial charge in [-0.05, 0) is 48.5 Å². The third-order valence-electron chi connectivity index (χ3n) is 4.33. The van der Waals surface area contributed by atoms with Crippen LogP contribution in [0.1, 0.15) is 10.4 Å². The Labute approximate surface area is 166 Å². The molecule has 2 N–H and O–H groups in total. The van der Waals surface area contributed by atoms with Crippen LogP contribution in [0, 0.1) is 5.82 Å². The zero-order valence-corrected chi connectivity index (χ0v) is 15.2. The van der Waals surface area contributed by atoms with Crippen LogP contribution in [0.25, 0.3) is 0 Å². The SMILES string of the molecule is O=C(Nc1ccc(NC(=O)[C@@H]2COc3ccccc3O2)cc1)c1ccccc1F. The fourth-order valence-corrected chi connectivity index (χ4v) is 2.85. The van der Waals surface area contributed by atoms with Crippen molar-refractivity contribution in [2.24, 2.45) is 0 Å². The summed E-state index contributed by atoms with van der Waals surface area (Å²) in [6.07, 6.45) is -0.773. The Hall–Kier alpha value is -3.87. The van der Waals surface area contributed by atoms with E-state index in [2.05, 4.69) is 10.6 Å². The number of fused-ring (bicyclic) bond motifs is 1. The Morgan fingerprint density at radius 1 is 0.828 bits per heavy atom. The average molecular weight is 392 g/mol. The van der Waals surface area contributed by atoms with Crippen molar-refractivity contribution in [1.82, 2.24) is 0 Å². The number of para-hydroxylation sites is 2. The van der Waals surface area contributed by atoms with E-state index in [-0.39, 0.29) is 18.1 Å². The summed E-state index contributed by atoms with van der Waals surface area (Å²) in [4.78, 5) is 24.6. The Morgan fingerprint density at radius 2 is 1.45 bits per heavy atom. The summed E-state index contributed by atoms with van der Waals surface area (Å²) in [5.74, 6) is -0.365. The first-order valence-electron chi connectivity index (χ1n) is 8.95. The molecule has 0 bridgehead atoms. The standard InChI is InChI=1S/C22H17FN2O4/c23-17-6-2-1-5-16(17)21(26)24-14-9-11-15(12-10-14)25-22(27)20-13-28-18-7-3-4-8-19(18)29-20/h1-12,20H,13H2,(H,24,26)(H,25,27)/t20-/m0/s1. The van der Waals surface area contributed by atoms with Gasteiger partial charge in [0.1, 0.15) is 12.4 Å². The van der Waals surface area contributed by atoms with Crippen molar-refractivity contribution in [3.8, 4) is 11.5 Å². The molecule has 6 nitrogen and oxygen atoms in total. The maximum absolute atomic E-state index is 13.7. The van der Waals surface area contributed by atoms with Crippen molar-refractivity contribution in [3.05, 3.63) is 84.2 Å². The van der Waals surface area contributed by atoms with E-state index in [1.54, 1.807) is 48.5 Å². The minimum absolute atomic E-state index is 0.0420. The van der Waals surface area contributed by atoms with Gasteiger partial charge in [-0.15, -0.1) is 0 Å². The predicted octanol–water partition coefficient (Wildman–Crippen LogP) is 3.86. The second-order valence-corrected chi connectivity index (χ2v) is 6.36. The molecule has 7 heteroatoms. The van der Waals surface area contributed by atoms with Crippen molar-refractivity contribution in [1.29, 1.82) is 0 Å². The first-order valence-corrected chi connectivity index (χ1v) is 8.95. The Bertz CT molecular complexity index is 1050. The quantitative estimate of drug-likeness (QED) is 0.707. The van der Waals surface area contributed by atoms with Gasteiger partial charge in [0.2, 0.25) is 6.10 Å². The molecule has 3 aromatic rings. The van der Waals surface area contributed by atoms with E-state index in [0.29, 0.717) is 22.9 Å². The van der Waals surface area contributed by atoms with Gasteiger partial charge in [-0.2, -0.15) is 0 Å². The Kier molecular flexibility index (Phi) is 5.11. The summed E-state index contributed by atoms with van der Waals surface area (Å²) >= 11 is 0. The van der Waals surface area contributed by atoms with E-state index >= 15 is 0 Å². The molecular formula is C22H17FN2O4. The van der Waals surface area contributed by atoms with E-state index in [0.717, 1.165) is 0 Å². The summed E-state index contributed by atoms with van der Waals surface area (Å²) in [5, 5.41) is 5.36. The topological polar surface area (TPSA) is 76.7 Å². The smallest absolute Gasteiger partial charge is 0.269 e. The highest BCUT2D eigenvalue weighted by Gasteiger charge is 2.27. The van der Waals surface area contributed by atoms with Crippen LogP contribution in [0.15, 0.2) is 72.8 Å². The van der Waals surface area contributed by atoms with Crippen molar-refractivity contribution in [3.63, 3.8) is 0 Å². The number of hydrogen-bond donors (Lipinski definition) is 2. The zero-order chi connectivity index (χ0) is 20.2. The van der Waals surface area contributed by atoms with E-state index in [1.165, 1.54) is 18.2 Å². The molecule has 0 aliphatic carbocycles. The largest absolute Gasteiger partial charge is 0.485 e. The normalized spacial score (nSPS) is 14.7. The van der Waals surface area contributed by atoms with Crippen LogP contribution < -0.4 is 20.1 Å². The highest BCUT2D eigenvalue weighted by Crippen LogP contribution is 2.31. The molecule has 0 fully saturated rings. The van der Waals surface area contributed by atoms with Crippen molar-refractivity contribution < 1.29 is 23.5 Å². The summed E-state index contributed by atoms with van der Waals surface area (Å²) in [6.45, 7) is 0.111. The first-order chi connectivity index (χ1) is 14.1. The molecule has 146 valence electrons. The highest BCUT2D eigenvalue weighted by molar-refractivity contribution is 6.04. The van der Waals surface area contributed by atoms with Crippen LogP contribution in [0.5, 0.6) is 11.5 Å². The minimum atomic E-state index is -0.773. The van der Waals surface area contributed by atoms with E-state index in [4.69, 9.17) is 9.47 Å². The molecule has 0 saturated carbocycles. The zero-order valence-electron chi connectivity index (χ0n) is 15.2. The van der Waals surface area contributed by atoms with Crippen molar-refractivity contribution >= 4 is 23.2 Å². The van der Waals surface area contributed by atoms with Crippen LogP contribution in [-0.4, -0.2) is 24.5 Å². The first kappa shape index (κ1) is 18.5. The number of hydrogen-bond acceptors (Lipinski definition) is 4. The number of nitrogens with one attached hydrogen (secondary N) is 2. The van der Waals surface area contributed by atoms with Gasteiger partial charge in [0.15, 0.2) is 11.5 Å². The number of rotatable bonds is 4. The van der Waals surface area contributed by atoms with Gasteiger partial charge in [-0.1, -0.05) is 24.3 Å². The summed E-state index contributed by atoms with van der Waals surface area (Å²) in [6, 6.07) is 19.4. The number of benzene rings is 3. The van der Waals surface area contributed by atoms with Crippen LogP contribution in [0.3, 0.4) is 0 Å². The van der Waals surface area contributed by atoms with Crippen molar-refractivity contribution in [2.75, 3.05) is 17.2 Å². The molecule has 3 aromatic carbocycles. The van der Waals surface area contributed by atoms with Crippen molar-refractivity contribution in [2.45, 2.75) is 6.10 Å². The lowest BCUT2D eigenvalue weighted by atomic mass is 10.2. The lowest BCUT2D eigenvalue weighted by Gasteiger charge is -2.25. The molecule has 2 amide bonds. The second-order valence-electron chi connectivity index (χ2n) is 6.36.